The number of halogens is 1. The van der Waals surface area contributed by atoms with E-state index < -0.39 is 29.8 Å². The van der Waals surface area contributed by atoms with Crippen molar-refractivity contribution in [2.75, 3.05) is 11.9 Å². The molecule has 0 spiro atoms. The molecule has 1 aliphatic rings. The summed E-state index contributed by atoms with van der Waals surface area (Å²) in [6, 6.07) is 17.9. The van der Waals surface area contributed by atoms with Crippen LogP contribution in [0, 0.1) is 11.7 Å². The molecule has 0 fully saturated rings. The Morgan fingerprint density at radius 1 is 0.971 bits per heavy atom. The highest BCUT2D eigenvalue weighted by molar-refractivity contribution is 5.98. The van der Waals surface area contributed by atoms with Crippen molar-refractivity contribution in [3.63, 3.8) is 0 Å². The van der Waals surface area contributed by atoms with Gasteiger partial charge in [-0.25, -0.2) is 14.0 Å². The van der Waals surface area contributed by atoms with Gasteiger partial charge in [-0.15, -0.1) is 0 Å². The van der Waals surface area contributed by atoms with Crippen LogP contribution < -0.4 is 10.6 Å². The van der Waals surface area contributed by atoms with Gasteiger partial charge >= 0.3 is 12.1 Å². The quantitative estimate of drug-likeness (QED) is 0.444. The second kappa shape index (κ2) is 9.97. The molecule has 180 valence electrons. The van der Waals surface area contributed by atoms with E-state index in [0.717, 1.165) is 40.5 Å². The first-order chi connectivity index (χ1) is 16.8. The number of carbonyl (C=O) groups is 3. The van der Waals surface area contributed by atoms with Crippen molar-refractivity contribution in [2.45, 2.75) is 25.8 Å². The molecule has 0 saturated carbocycles. The number of benzene rings is 3. The normalized spacial score (nSPS) is 13.0. The third kappa shape index (κ3) is 5.01. The monoisotopic (exact) mass is 476 g/mol. The van der Waals surface area contributed by atoms with E-state index in [1.54, 1.807) is 13.8 Å². The predicted molar refractivity (Wildman–Crippen MR) is 129 cm³/mol. The highest BCUT2D eigenvalue weighted by atomic mass is 19.1. The van der Waals surface area contributed by atoms with E-state index >= 15 is 0 Å². The van der Waals surface area contributed by atoms with Crippen molar-refractivity contribution in [3.05, 3.63) is 89.2 Å². The Balaban J connectivity index is 1.43. The first-order valence-corrected chi connectivity index (χ1v) is 11.2. The zero-order valence-electron chi connectivity index (χ0n) is 19.2. The standard InChI is InChI=1S/C27H25FN2O5/c1-15(2)24(25(31)29-23-13-16(26(32)33)11-12-22(23)28)30-27(34)35-14-21-19-9-5-3-7-17(19)18-8-4-6-10-20(18)21/h3-13,15,21,24H,14H2,1-2H3,(H,29,31)(H,30,34)(H,32,33)/t24-/m1/s1. The number of alkyl carbamates (subject to hydrolysis) is 1. The van der Waals surface area contributed by atoms with E-state index in [1.165, 1.54) is 0 Å². The molecule has 4 rings (SSSR count). The molecule has 3 N–H and O–H groups in total. The topological polar surface area (TPSA) is 105 Å². The van der Waals surface area contributed by atoms with Crippen molar-refractivity contribution in [3.8, 4) is 11.1 Å². The van der Waals surface area contributed by atoms with Gasteiger partial charge in [-0.05, 0) is 46.4 Å². The molecule has 1 atom stereocenters. The van der Waals surface area contributed by atoms with Crippen LogP contribution in [-0.2, 0) is 9.53 Å². The van der Waals surface area contributed by atoms with Gasteiger partial charge in [0.15, 0.2) is 0 Å². The fourth-order valence-corrected chi connectivity index (χ4v) is 4.27. The molecule has 0 radical (unpaired) electrons. The molecule has 3 aromatic rings. The largest absolute Gasteiger partial charge is 0.478 e. The molecule has 0 aromatic heterocycles. The van der Waals surface area contributed by atoms with Crippen LogP contribution in [0.1, 0.15) is 41.3 Å². The van der Waals surface area contributed by atoms with Gasteiger partial charge in [0.05, 0.1) is 11.3 Å². The SMILES string of the molecule is CC(C)[C@@H](NC(=O)OCC1c2ccccc2-c2ccccc21)C(=O)Nc1cc(C(=O)O)ccc1F. The Morgan fingerprint density at radius 2 is 1.57 bits per heavy atom. The zero-order chi connectivity index (χ0) is 25.1. The molecule has 3 aromatic carbocycles. The molecule has 0 unspecified atom stereocenters. The average Bonchev–Trinajstić information content (AvgIpc) is 3.16. The number of nitrogens with one attached hydrogen (secondary N) is 2. The minimum Gasteiger partial charge on any atom is -0.478 e. The van der Waals surface area contributed by atoms with Gasteiger partial charge in [-0.2, -0.15) is 0 Å². The van der Waals surface area contributed by atoms with Crippen molar-refractivity contribution in [2.24, 2.45) is 5.92 Å². The van der Waals surface area contributed by atoms with Gasteiger partial charge in [0.25, 0.3) is 0 Å². The summed E-state index contributed by atoms with van der Waals surface area (Å²) in [4.78, 5) is 36.6. The van der Waals surface area contributed by atoms with E-state index in [1.807, 2.05) is 48.5 Å². The molecule has 2 amide bonds. The van der Waals surface area contributed by atoms with Gasteiger partial charge in [0.1, 0.15) is 18.5 Å². The molecule has 0 heterocycles. The highest BCUT2D eigenvalue weighted by Gasteiger charge is 2.30. The molecule has 35 heavy (non-hydrogen) atoms. The minimum absolute atomic E-state index is 0.0849. The van der Waals surface area contributed by atoms with Gasteiger partial charge < -0.3 is 20.5 Å². The molecule has 0 aliphatic heterocycles. The summed E-state index contributed by atoms with van der Waals surface area (Å²) in [6.07, 6.45) is -0.777. The van der Waals surface area contributed by atoms with Crippen LogP contribution >= 0.6 is 0 Å². The molecular formula is C27H25FN2O5. The van der Waals surface area contributed by atoms with E-state index in [-0.39, 0.29) is 29.7 Å². The summed E-state index contributed by atoms with van der Waals surface area (Å²) in [7, 11) is 0. The number of amides is 2. The first kappa shape index (κ1) is 23.9. The molecular weight excluding hydrogens is 451 g/mol. The lowest BCUT2D eigenvalue weighted by Gasteiger charge is -2.22. The maximum Gasteiger partial charge on any atom is 0.407 e. The lowest BCUT2D eigenvalue weighted by Crippen LogP contribution is -2.47. The third-order valence-electron chi connectivity index (χ3n) is 6.04. The number of carboxylic acids is 1. The number of carboxylic acid groups (broad SMARTS) is 1. The Kier molecular flexibility index (Phi) is 6.82. The lowest BCUT2D eigenvalue weighted by atomic mass is 9.98. The number of fused-ring (bicyclic) bond motifs is 3. The van der Waals surface area contributed by atoms with Crippen molar-refractivity contribution >= 4 is 23.7 Å². The average molecular weight is 477 g/mol. The van der Waals surface area contributed by atoms with Crippen LogP contribution in [0.5, 0.6) is 0 Å². The summed E-state index contributed by atoms with van der Waals surface area (Å²) >= 11 is 0. The first-order valence-electron chi connectivity index (χ1n) is 11.2. The Bertz CT molecular complexity index is 1240. The van der Waals surface area contributed by atoms with Gasteiger partial charge in [0.2, 0.25) is 5.91 Å². The Labute approximate surface area is 201 Å². The second-order valence-corrected chi connectivity index (χ2v) is 8.68. The van der Waals surface area contributed by atoms with E-state index in [9.17, 15) is 18.8 Å². The summed E-state index contributed by atoms with van der Waals surface area (Å²) in [6.45, 7) is 3.53. The fraction of sp³-hybridized carbons (Fsp3) is 0.222. The number of hydrogen-bond acceptors (Lipinski definition) is 4. The minimum atomic E-state index is -1.25. The predicted octanol–water partition coefficient (Wildman–Crippen LogP) is 5.03. The fourth-order valence-electron chi connectivity index (χ4n) is 4.27. The molecule has 1 aliphatic carbocycles. The number of hydrogen-bond donors (Lipinski definition) is 3. The lowest BCUT2D eigenvalue weighted by molar-refractivity contribution is -0.119. The second-order valence-electron chi connectivity index (χ2n) is 8.68. The maximum atomic E-state index is 14.1. The van der Waals surface area contributed by atoms with E-state index in [4.69, 9.17) is 9.84 Å². The highest BCUT2D eigenvalue weighted by Crippen LogP contribution is 2.44. The Hall–Kier alpha value is -4.20. The van der Waals surface area contributed by atoms with Gasteiger partial charge in [0, 0.05) is 5.92 Å². The number of ether oxygens (including phenoxy) is 1. The number of aromatic carboxylic acids is 1. The Morgan fingerprint density at radius 3 is 2.14 bits per heavy atom. The molecule has 0 bridgehead atoms. The molecule has 8 heteroatoms. The van der Waals surface area contributed by atoms with Crippen molar-refractivity contribution in [1.29, 1.82) is 0 Å². The molecule has 0 saturated heterocycles. The summed E-state index contributed by atoms with van der Waals surface area (Å²) in [5.41, 5.74) is 3.87. The molecule has 7 nitrogen and oxygen atoms in total. The van der Waals surface area contributed by atoms with Gasteiger partial charge in [-0.1, -0.05) is 62.4 Å². The van der Waals surface area contributed by atoms with E-state index in [0.29, 0.717) is 0 Å². The maximum absolute atomic E-state index is 14.1. The van der Waals surface area contributed by atoms with Crippen molar-refractivity contribution < 1.29 is 28.6 Å². The van der Waals surface area contributed by atoms with Crippen LogP contribution in [0.25, 0.3) is 11.1 Å². The van der Waals surface area contributed by atoms with Gasteiger partial charge in [-0.3, -0.25) is 4.79 Å². The summed E-state index contributed by atoms with van der Waals surface area (Å²) < 4.78 is 19.6. The van der Waals surface area contributed by atoms with Crippen LogP contribution in [0.4, 0.5) is 14.9 Å². The van der Waals surface area contributed by atoms with Crippen LogP contribution in [0.15, 0.2) is 66.7 Å². The van der Waals surface area contributed by atoms with Crippen molar-refractivity contribution in [1.82, 2.24) is 5.32 Å². The summed E-state index contributed by atoms with van der Waals surface area (Å²) in [5.74, 6) is -3.20. The smallest absolute Gasteiger partial charge is 0.407 e. The van der Waals surface area contributed by atoms with Crippen LogP contribution in [0.2, 0.25) is 0 Å². The van der Waals surface area contributed by atoms with Crippen LogP contribution in [0.3, 0.4) is 0 Å². The third-order valence-corrected chi connectivity index (χ3v) is 6.04. The number of carbonyl (C=O) groups excluding carboxylic acids is 2. The van der Waals surface area contributed by atoms with Crippen LogP contribution in [-0.4, -0.2) is 35.7 Å². The number of rotatable bonds is 7. The van der Waals surface area contributed by atoms with E-state index in [2.05, 4.69) is 10.6 Å². The number of anilines is 1. The zero-order valence-corrected chi connectivity index (χ0v) is 19.2. The summed E-state index contributed by atoms with van der Waals surface area (Å²) in [5, 5.41) is 14.0.